The molecule has 0 radical (unpaired) electrons. The Morgan fingerprint density at radius 1 is 1.33 bits per heavy atom. The number of carbonyl (C=O) groups is 2. The number of anilines is 1. The fourth-order valence-electron chi connectivity index (χ4n) is 1.64. The van der Waals surface area contributed by atoms with Crippen molar-refractivity contribution < 1.29 is 9.59 Å². The van der Waals surface area contributed by atoms with Gasteiger partial charge in [0.25, 0.3) is 5.91 Å². The van der Waals surface area contributed by atoms with Crippen molar-refractivity contribution in [3.8, 4) is 0 Å². The number of carbonyl (C=O) groups excluding carboxylic acids is 2. The number of hydrogen-bond donors (Lipinski definition) is 2. The number of amides is 2. The van der Waals surface area contributed by atoms with Crippen molar-refractivity contribution in [3.63, 3.8) is 0 Å². The van der Waals surface area contributed by atoms with Crippen molar-refractivity contribution in [1.82, 2.24) is 5.32 Å². The van der Waals surface area contributed by atoms with Crippen molar-refractivity contribution in [1.29, 1.82) is 0 Å². The number of benzene rings is 1. The van der Waals surface area contributed by atoms with E-state index >= 15 is 0 Å². The van der Waals surface area contributed by atoms with Crippen molar-refractivity contribution in [2.24, 2.45) is 5.92 Å². The molecule has 6 heteroatoms. The maximum absolute atomic E-state index is 11.8. The van der Waals surface area contributed by atoms with Crippen LogP contribution in [-0.2, 0) is 4.79 Å². The van der Waals surface area contributed by atoms with Gasteiger partial charge in [0, 0.05) is 7.05 Å². The molecule has 1 aliphatic carbocycles. The average molecular weight is 287 g/mol. The van der Waals surface area contributed by atoms with E-state index in [2.05, 4.69) is 10.6 Å². The summed E-state index contributed by atoms with van der Waals surface area (Å²) in [5.41, 5.74) is 0.863. The van der Waals surface area contributed by atoms with E-state index in [-0.39, 0.29) is 11.8 Å². The van der Waals surface area contributed by atoms with Crippen molar-refractivity contribution in [2.45, 2.75) is 10.8 Å². The number of nitrogens with one attached hydrogen (secondary N) is 2. The molecule has 2 rings (SSSR count). The number of hydrogen-bond acceptors (Lipinski definition) is 2. The highest BCUT2D eigenvalue weighted by Gasteiger charge is 2.56. The van der Waals surface area contributed by atoms with Crippen LogP contribution < -0.4 is 10.6 Å². The number of alkyl halides is 2. The Morgan fingerprint density at radius 2 is 1.94 bits per heavy atom. The molecule has 0 aliphatic heterocycles. The molecule has 18 heavy (non-hydrogen) atoms. The SMILES string of the molecule is CNC(=O)c1ccccc1NC(=O)C1CC1(Cl)Cl. The molecule has 1 aromatic rings. The maximum Gasteiger partial charge on any atom is 0.253 e. The van der Waals surface area contributed by atoms with E-state index < -0.39 is 10.3 Å². The topological polar surface area (TPSA) is 58.2 Å². The summed E-state index contributed by atoms with van der Waals surface area (Å²) in [6, 6.07) is 6.76. The van der Waals surface area contributed by atoms with E-state index in [9.17, 15) is 9.59 Å². The van der Waals surface area contributed by atoms with Gasteiger partial charge in [0.1, 0.15) is 4.33 Å². The molecule has 0 saturated heterocycles. The standard InChI is InChI=1S/C12H12Cl2N2O2/c1-15-10(17)7-4-2-3-5-9(7)16-11(18)8-6-12(8,13)14/h2-5,8H,6H2,1H3,(H,15,17)(H,16,18). The van der Waals surface area contributed by atoms with Crippen LogP contribution in [0.15, 0.2) is 24.3 Å². The molecule has 0 bridgehead atoms. The highest BCUT2D eigenvalue weighted by Crippen LogP contribution is 2.53. The average Bonchev–Trinajstić information content (AvgIpc) is 2.98. The van der Waals surface area contributed by atoms with Crippen LogP contribution in [0.1, 0.15) is 16.8 Å². The van der Waals surface area contributed by atoms with Gasteiger partial charge >= 0.3 is 0 Å². The van der Waals surface area contributed by atoms with Gasteiger partial charge in [-0.1, -0.05) is 12.1 Å². The smallest absolute Gasteiger partial charge is 0.253 e. The van der Waals surface area contributed by atoms with Crippen LogP contribution in [0.25, 0.3) is 0 Å². The second kappa shape index (κ2) is 4.78. The molecule has 1 aromatic carbocycles. The van der Waals surface area contributed by atoms with Gasteiger partial charge in [-0.25, -0.2) is 0 Å². The minimum Gasteiger partial charge on any atom is -0.355 e. The van der Waals surface area contributed by atoms with Crippen LogP contribution in [0.3, 0.4) is 0 Å². The predicted molar refractivity (Wildman–Crippen MR) is 71.0 cm³/mol. The van der Waals surface area contributed by atoms with Crippen LogP contribution in [0, 0.1) is 5.92 Å². The van der Waals surface area contributed by atoms with Crippen LogP contribution in [-0.4, -0.2) is 23.2 Å². The lowest BCUT2D eigenvalue weighted by atomic mass is 10.1. The first-order valence-electron chi connectivity index (χ1n) is 5.45. The normalized spacial score (nSPS) is 20.1. The van der Waals surface area contributed by atoms with Crippen molar-refractivity contribution >= 4 is 40.7 Å². The van der Waals surface area contributed by atoms with Gasteiger partial charge in [-0.05, 0) is 18.6 Å². The quantitative estimate of drug-likeness (QED) is 0.837. The second-order valence-electron chi connectivity index (χ2n) is 4.13. The zero-order chi connectivity index (χ0) is 13.3. The van der Waals surface area contributed by atoms with Gasteiger partial charge in [-0.15, -0.1) is 23.2 Å². The Hall–Kier alpha value is -1.26. The van der Waals surface area contributed by atoms with Gasteiger partial charge in [0.2, 0.25) is 5.91 Å². The molecule has 1 fully saturated rings. The van der Waals surface area contributed by atoms with E-state index in [0.717, 1.165) is 0 Å². The maximum atomic E-state index is 11.8. The van der Waals surface area contributed by atoms with Gasteiger partial charge in [0.15, 0.2) is 0 Å². The van der Waals surface area contributed by atoms with Crippen molar-refractivity contribution in [2.75, 3.05) is 12.4 Å². The molecule has 1 aliphatic rings. The molecule has 0 spiro atoms. The third-order valence-corrected chi connectivity index (χ3v) is 3.63. The minimum atomic E-state index is -0.966. The lowest BCUT2D eigenvalue weighted by Gasteiger charge is -2.10. The van der Waals surface area contributed by atoms with Crippen LogP contribution in [0.2, 0.25) is 0 Å². The highest BCUT2D eigenvalue weighted by molar-refractivity contribution is 6.52. The van der Waals surface area contributed by atoms with E-state index in [0.29, 0.717) is 17.7 Å². The molecule has 1 saturated carbocycles. The summed E-state index contributed by atoms with van der Waals surface area (Å²) in [5.74, 6) is -0.945. The molecule has 4 nitrogen and oxygen atoms in total. The summed E-state index contributed by atoms with van der Waals surface area (Å²) in [5, 5.41) is 5.19. The predicted octanol–water partition coefficient (Wildman–Crippen LogP) is 2.18. The van der Waals surface area contributed by atoms with Crippen LogP contribution in [0.4, 0.5) is 5.69 Å². The fourth-order valence-corrected chi connectivity index (χ4v) is 2.15. The zero-order valence-corrected chi connectivity index (χ0v) is 11.2. The van der Waals surface area contributed by atoms with Crippen molar-refractivity contribution in [3.05, 3.63) is 29.8 Å². The van der Waals surface area contributed by atoms with Gasteiger partial charge in [-0.2, -0.15) is 0 Å². The van der Waals surface area contributed by atoms with E-state index in [1.54, 1.807) is 24.3 Å². The lowest BCUT2D eigenvalue weighted by Crippen LogP contribution is -2.22. The summed E-state index contributed by atoms with van der Waals surface area (Å²) in [6.45, 7) is 0. The monoisotopic (exact) mass is 286 g/mol. The van der Waals surface area contributed by atoms with E-state index in [1.807, 2.05) is 0 Å². The Morgan fingerprint density at radius 3 is 2.50 bits per heavy atom. The molecule has 0 heterocycles. The number of para-hydroxylation sites is 1. The molecule has 0 aromatic heterocycles. The fraction of sp³-hybridized carbons (Fsp3) is 0.333. The molecule has 2 amide bonds. The summed E-state index contributed by atoms with van der Waals surface area (Å²) < 4.78 is -0.966. The number of rotatable bonds is 3. The highest BCUT2D eigenvalue weighted by atomic mass is 35.5. The Bertz CT molecular complexity index is 503. The molecule has 1 unspecified atom stereocenters. The first kappa shape index (κ1) is 13.2. The van der Waals surface area contributed by atoms with E-state index in [4.69, 9.17) is 23.2 Å². The van der Waals surface area contributed by atoms with E-state index in [1.165, 1.54) is 7.05 Å². The summed E-state index contributed by atoms with van der Waals surface area (Å²) >= 11 is 11.6. The van der Waals surface area contributed by atoms with Crippen LogP contribution in [0.5, 0.6) is 0 Å². The summed E-state index contributed by atoms with van der Waals surface area (Å²) in [6.07, 6.45) is 0.435. The third-order valence-electron chi connectivity index (χ3n) is 2.80. The molecular formula is C12H12Cl2N2O2. The number of halogens is 2. The molecule has 1 atom stereocenters. The molecule has 2 N–H and O–H groups in total. The zero-order valence-electron chi connectivity index (χ0n) is 9.67. The Labute approximate surface area is 115 Å². The van der Waals surface area contributed by atoms with Gasteiger partial charge < -0.3 is 10.6 Å². The lowest BCUT2D eigenvalue weighted by molar-refractivity contribution is -0.117. The van der Waals surface area contributed by atoms with Gasteiger partial charge in [-0.3, -0.25) is 9.59 Å². The minimum absolute atomic E-state index is 0.260. The van der Waals surface area contributed by atoms with Gasteiger partial charge in [0.05, 0.1) is 17.2 Å². The first-order chi connectivity index (χ1) is 8.45. The van der Waals surface area contributed by atoms with Crippen LogP contribution >= 0.6 is 23.2 Å². The summed E-state index contributed by atoms with van der Waals surface area (Å²) in [7, 11) is 1.53. The largest absolute Gasteiger partial charge is 0.355 e. The first-order valence-corrected chi connectivity index (χ1v) is 6.21. The Kier molecular flexibility index (Phi) is 3.50. The third kappa shape index (κ3) is 2.60. The molecular weight excluding hydrogens is 275 g/mol. The Balaban J connectivity index is 2.15. The second-order valence-corrected chi connectivity index (χ2v) is 5.67. The molecule has 96 valence electrons. The summed E-state index contributed by atoms with van der Waals surface area (Å²) in [4.78, 5) is 23.5.